The summed E-state index contributed by atoms with van der Waals surface area (Å²) in [5.74, 6) is 5.97. The second kappa shape index (κ2) is 10.4. The Bertz CT molecular complexity index is 1320. The summed E-state index contributed by atoms with van der Waals surface area (Å²) in [5, 5.41) is 13.3. The number of hydrogen-bond acceptors (Lipinski definition) is 5. The van der Waals surface area contributed by atoms with E-state index in [0.29, 0.717) is 59.5 Å². The number of benzene rings is 2. The fourth-order valence-corrected chi connectivity index (χ4v) is 4.26. The minimum Gasteiger partial charge on any atom is -0.495 e. The Morgan fingerprint density at radius 2 is 1.97 bits per heavy atom. The molecule has 1 aromatic heterocycles. The number of carbonyl (C=O) groups is 1. The van der Waals surface area contributed by atoms with Crippen LogP contribution >= 0.6 is 0 Å². The highest BCUT2D eigenvalue weighted by molar-refractivity contribution is 5.95. The molecule has 1 aliphatic heterocycles. The van der Waals surface area contributed by atoms with Gasteiger partial charge in [0.05, 0.1) is 36.7 Å². The molecule has 4 N–H and O–H groups in total. The van der Waals surface area contributed by atoms with Crippen LogP contribution in [-0.4, -0.2) is 59.5 Å². The van der Waals surface area contributed by atoms with Gasteiger partial charge in [0.1, 0.15) is 12.3 Å². The second-order valence-electron chi connectivity index (χ2n) is 8.60. The molecular formula is C26H27F3N4O3. The van der Waals surface area contributed by atoms with Crippen LogP contribution in [-0.2, 0) is 6.54 Å². The number of amides is 1. The third-order valence-electron chi connectivity index (χ3n) is 6.10. The minimum absolute atomic E-state index is 0.136. The topological polar surface area (TPSA) is 92.8 Å². The molecule has 36 heavy (non-hydrogen) atoms. The Kier molecular flexibility index (Phi) is 7.31. The summed E-state index contributed by atoms with van der Waals surface area (Å²) in [6.07, 6.45) is -3.68. The van der Waals surface area contributed by atoms with E-state index in [1.54, 1.807) is 47.4 Å². The lowest BCUT2D eigenvalue weighted by Crippen LogP contribution is -2.40. The molecule has 0 spiro atoms. The number of ether oxygens (including phenoxy) is 1. The summed E-state index contributed by atoms with van der Waals surface area (Å²) in [6.45, 7) is -0.0450. The molecule has 10 heteroatoms. The maximum Gasteiger partial charge on any atom is 0.406 e. The van der Waals surface area contributed by atoms with Gasteiger partial charge in [-0.2, -0.15) is 13.2 Å². The smallest absolute Gasteiger partial charge is 0.406 e. The number of aliphatic hydroxyl groups is 1. The molecule has 3 aromatic rings. The molecule has 0 saturated carbocycles. The molecule has 0 radical (unpaired) electrons. The van der Waals surface area contributed by atoms with Crippen molar-refractivity contribution in [1.82, 2.24) is 9.47 Å². The maximum absolute atomic E-state index is 13.2. The number of nitrogen functional groups attached to an aromatic ring is 1. The van der Waals surface area contributed by atoms with Crippen molar-refractivity contribution in [2.45, 2.75) is 31.7 Å². The fourth-order valence-electron chi connectivity index (χ4n) is 4.26. The predicted octanol–water partition coefficient (Wildman–Crippen LogP) is 3.85. The Morgan fingerprint density at radius 1 is 1.22 bits per heavy atom. The first kappa shape index (κ1) is 25.3. The predicted molar refractivity (Wildman–Crippen MR) is 132 cm³/mol. The number of hydrogen-bond donors (Lipinski definition) is 3. The molecule has 0 unspecified atom stereocenters. The summed E-state index contributed by atoms with van der Waals surface area (Å²) in [6, 6.07) is 11.4. The first-order chi connectivity index (χ1) is 17.2. The van der Waals surface area contributed by atoms with Crippen LogP contribution < -0.4 is 15.8 Å². The fraction of sp³-hybridized carbons (Fsp3) is 0.346. The van der Waals surface area contributed by atoms with E-state index in [2.05, 4.69) is 17.2 Å². The number of nitrogens with zero attached hydrogens (tertiary/aromatic N) is 2. The van der Waals surface area contributed by atoms with Crippen molar-refractivity contribution in [2.24, 2.45) is 0 Å². The van der Waals surface area contributed by atoms with E-state index in [0.717, 1.165) is 4.57 Å². The zero-order chi connectivity index (χ0) is 25.9. The number of alkyl halides is 3. The quantitative estimate of drug-likeness (QED) is 0.366. The van der Waals surface area contributed by atoms with E-state index < -0.39 is 12.7 Å². The van der Waals surface area contributed by atoms with Gasteiger partial charge in [-0.15, -0.1) is 0 Å². The lowest BCUT2D eigenvalue weighted by atomic mass is 10.1. The molecule has 7 nitrogen and oxygen atoms in total. The van der Waals surface area contributed by atoms with Gasteiger partial charge in [0.2, 0.25) is 0 Å². The van der Waals surface area contributed by atoms with E-state index in [-0.39, 0.29) is 24.2 Å². The van der Waals surface area contributed by atoms with E-state index >= 15 is 0 Å². The van der Waals surface area contributed by atoms with Gasteiger partial charge < -0.3 is 30.4 Å². The van der Waals surface area contributed by atoms with Gasteiger partial charge in [-0.1, -0.05) is 12.0 Å². The summed E-state index contributed by atoms with van der Waals surface area (Å²) in [4.78, 5) is 14.5. The number of likely N-dealkylation sites (tertiary alicyclic amines) is 1. The number of methoxy groups -OCH3 is 1. The van der Waals surface area contributed by atoms with E-state index in [1.165, 1.54) is 7.11 Å². The Hall–Kier alpha value is -3.84. The monoisotopic (exact) mass is 500 g/mol. The van der Waals surface area contributed by atoms with Gasteiger partial charge in [0, 0.05) is 29.7 Å². The molecule has 0 atom stereocenters. The van der Waals surface area contributed by atoms with Crippen molar-refractivity contribution in [2.75, 3.05) is 37.8 Å². The van der Waals surface area contributed by atoms with Gasteiger partial charge in [0.15, 0.2) is 0 Å². The van der Waals surface area contributed by atoms with Crippen LogP contribution in [0.4, 0.5) is 24.5 Å². The highest BCUT2D eigenvalue weighted by Crippen LogP contribution is 2.29. The number of nitrogens with two attached hydrogens (primary N) is 1. The van der Waals surface area contributed by atoms with Crippen molar-refractivity contribution in [3.05, 3.63) is 53.7 Å². The van der Waals surface area contributed by atoms with Gasteiger partial charge in [-0.05, 0) is 55.2 Å². The number of aromatic nitrogens is 1. The van der Waals surface area contributed by atoms with Crippen molar-refractivity contribution in [3.63, 3.8) is 0 Å². The van der Waals surface area contributed by atoms with Crippen molar-refractivity contribution >= 4 is 28.2 Å². The van der Waals surface area contributed by atoms with E-state index in [4.69, 9.17) is 10.5 Å². The highest BCUT2D eigenvalue weighted by atomic mass is 19.4. The average Bonchev–Trinajstić information content (AvgIpc) is 3.19. The molecule has 1 aliphatic rings. The van der Waals surface area contributed by atoms with Crippen LogP contribution in [0.2, 0.25) is 0 Å². The molecule has 1 fully saturated rings. The van der Waals surface area contributed by atoms with Crippen LogP contribution in [0.3, 0.4) is 0 Å². The van der Waals surface area contributed by atoms with E-state index in [9.17, 15) is 23.1 Å². The van der Waals surface area contributed by atoms with Crippen LogP contribution in [0.5, 0.6) is 5.75 Å². The summed E-state index contributed by atoms with van der Waals surface area (Å²) >= 11 is 0. The van der Waals surface area contributed by atoms with Crippen LogP contribution in [0.15, 0.2) is 42.5 Å². The van der Waals surface area contributed by atoms with Crippen molar-refractivity contribution < 1.29 is 27.8 Å². The zero-order valence-electron chi connectivity index (χ0n) is 19.7. The van der Waals surface area contributed by atoms with Gasteiger partial charge in [0.25, 0.3) is 5.91 Å². The maximum atomic E-state index is 13.2. The van der Waals surface area contributed by atoms with E-state index in [1.807, 2.05) is 0 Å². The van der Waals surface area contributed by atoms with Crippen LogP contribution in [0.1, 0.15) is 28.9 Å². The lowest BCUT2D eigenvalue weighted by molar-refractivity contribution is -0.140. The molecule has 190 valence electrons. The molecule has 0 bridgehead atoms. The summed E-state index contributed by atoms with van der Waals surface area (Å²) in [5.41, 5.74) is 7.97. The van der Waals surface area contributed by atoms with Crippen molar-refractivity contribution in [1.29, 1.82) is 0 Å². The third-order valence-corrected chi connectivity index (χ3v) is 6.10. The molecule has 2 heterocycles. The third kappa shape index (κ3) is 5.69. The zero-order valence-corrected chi connectivity index (χ0v) is 19.7. The van der Waals surface area contributed by atoms with Gasteiger partial charge in [-0.3, -0.25) is 4.79 Å². The Labute approximate surface area is 206 Å². The molecule has 0 aliphatic carbocycles. The largest absolute Gasteiger partial charge is 0.495 e. The number of carbonyl (C=O) groups excluding carboxylic acids is 1. The highest BCUT2D eigenvalue weighted by Gasteiger charge is 2.30. The number of piperidine rings is 1. The second-order valence-corrected chi connectivity index (χ2v) is 8.60. The van der Waals surface area contributed by atoms with Gasteiger partial charge in [-0.25, -0.2) is 0 Å². The standard InChI is InChI=1S/C26H27F3N4O3/c1-36-24-14-17(25(35)32-12-9-19(34)10-13-32)7-8-22(24)31-11-3-4-18-15-20-21(30)5-2-6-23(20)33(18)16-26(27,28)29/h2,5-8,14-15,19,31,34H,9-13,16,30H2,1H3. The number of rotatable bonds is 5. The number of halogens is 3. The molecular weight excluding hydrogens is 473 g/mol. The summed E-state index contributed by atoms with van der Waals surface area (Å²) < 4.78 is 46.1. The molecule has 1 saturated heterocycles. The first-order valence-corrected chi connectivity index (χ1v) is 11.5. The number of anilines is 2. The average molecular weight is 501 g/mol. The lowest BCUT2D eigenvalue weighted by Gasteiger charge is -2.29. The summed E-state index contributed by atoms with van der Waals surface area (Å²) in [7, 11) is 1.48. The first-order valence-electron chi connectivity index (χ1n) is 11.5. The van der Waals surface area contributed by atoms with Crippen LogP contribution in [0.25, 0.3) is 10.9 Å². The van der Waals surface area contributed by atoms with Gasteiger partial charge >= 0.3 is 6.18 Å². The minimum atomic E-state index is -4.41. The number of nitrogens with one attached hydrogen (secondary N) is 1. The SMILES string of the molecule is COc1cc(C(=O)N2CCC(O)CC2)ccc1NCC#Cc1cc2c(N)cccc2n1CC(F)(F)F. The molecule has 1 amide bonds. The number of fused-ring (bicyclic) bond motifs is 1. The Balaban J connectivity index is 1.49. The molecule has 2 aromatic carbocycles. The van der Waals surface area contributed by atoms with Crippen molar-refractivity contribution in [3.8, 4) is 17.6 Å². The number of aliphatic hydroxyl groups excluding tert-OH is 1. The normalized spacial score (nSPS) is 14.4. The molecule has 4 rings (SSSR count). The Morgan fingerprint density at radius 3 is 2.67 bits per heavy atom. The van der Waals surface area contributed by atoms with Crippen LogP contribution in [0, 0.1) is 11.8 Å².